The molecule has 1 saturated carbocycles. The number of amides is 1. The number of carbonyl (C=O) groups excluding carboxylic acids is 1. The molecule has 0 saturated heterocycles. The lowest BCUT2D eigenvalue weighted by molar-refractivity contribution is -0.384. The van der Waals surface area contributed by atoms with Crippen LogP contribution in [0.3, 0.4) is 0 Å². The average molecular weight is 322 g/mol. The number of nitrogens with zero attached hydrogens (tertiary/aromatic N) is 2. The van der Waals surface area contributed by atoms with E-state index in [1.165, 1.54) is 36.7 Å². The molecule has 0 aliphatic heterocycles. The molecule has 1 fully saturated rings. The van der Waals surface area contributed by atoms with Gasteiger partial charge in [-0.05, 0) is 38.8 Å². The van der Waals surface area contributed by atoms with Crippen molar-refractivity contribution in [2.75, 3.05) is 6.54 Å². The highest BCUT2D eigenvalue weighted by molar-refractivity contribution is 8.00. The maximum absolute atomic E-state index is 12.6. The number of nitro groups is 1. The monoisotopic (exact) mass is 322 g/mol. The minimum atomic E-state index is -0.415. The van der Waals surface area contributed by atoms with Crippen molar-refractivity contribution in [2.24, 2.45) is 0 Å². The van der Waals surface area contributed by atoms with Gasteiger partial charge in [0.15, 0.2) is 0 Å². The van der Waals surface area contributed by atoms with Crippen molar-refractivity contribution in [3.8, 4) is 0 Å². The molecule has 1 aliphatic carbocycles. The zero-order valence-corrected chi connectivity index (χ0v) is 13.8. The van der Waals surface area contributed by atoms with Crippen LogP contribution in [0.25, 0.3) is 0 Å². The number of carbonyl (C=O) groups is 1. The van der Waals surface area contributed by atoms with Crippen LogP contribution >= 0.6 is 11.8 Å². The first-order valence-electron chi connectivity index (χ1n) is 7.74. The van der Waals surface area contributed by atoms with E-state index in [4.69, 9.17) is 0 Å². The summed E-state index contributed by atoms with van der Waals surface area (Å²) >= 11 is 1.46. The van der Waals surface area contributed by atoms with Crippen LogP contribution in [0.1, 0.15) is 39.5 Å². The minimum absolute atomic E-state index is 0.0736. The average Bonchev–Trinajstić information content (AvgIpc) is 3.02. The van der Waals surface area contributed by atoms with Crippen molar-refractivity contribution in [1.82, 2.24) is 4.90 Å². The van der Waals surface area contributed by atoms with E-state index in [-0.39, 0.29) is 16.8 Å². The predicted octanol–water partition coefficient (Wildman–Crippen LogP) is 3.87. The third-order valence-electron chi connectivity index (χ3n) is 4.10. The maximum Gasteiger partial charge on any atom is 0.269 e. The van der Waals surface area contributed by atoms with Gasteiger partial charge < -0.3 is 4.90 Å². The molecular formula is C16H22N2O3S. The Labute approximate surface area is 135 Å². The highest BCUT2D eigenvalue weighted by Gasteiger charge is 2.28. The number of nitro benzene ring substituents is 1. The number of hydrogen-bond acceptors (Lipinski definition) is 4. The fourth-order valence-corrected chi connectivity index (χ4v) is 3.88. The van der Waals surface area contributed by atoms with E-state index in [1.54, 1.807) is 12.1 Å². The van der Waals surface area contributed by atoms with Crippen LogP contribution in [0.4, 0.5) is 5.69 Å². The number of non-ortho nitro benzene ring substituents is 1. The van der Waals surface area contributed by atoms with Crippen molar-refractivity contribution < 1.29 is 9.72 Å². The fourth-order valence-electron chi connectivity index (χ4n) is 2.94. The van der Waals surface area contributed by atoms with Crippen molar-refractivity contribution in [2.45, 2.75) is 55.7 Å². The van der Waals surface area contributed by atoms with Crippen LogP contribution < -0.4 is 0 Å². The normalized spacial score (nSPS) is 16.5. The summed E-state index contributed by atoms with van der Waals surface area (Å²) < 4.78 is 0. The summed E-state index contributed by atoms with van der Waals surface area (Å²) in [7, 11) is 0. The van der Waals surface area contributed by atoms with Crippen molar-refractivity contribution in [3.63, 3.8) is 0 Å². The SMILES string of the molecule is CCN(C(=O)C(C)Sc1ccc([N+](=O)[O-])cc1)C1CCCC1. The molecule has 1 aliphatic rings. The second-order valence-electron chi connectivity index (χ2n) is 5.57. The van der Waals surface area contributed by atoms with Crippen LogP contribution in [-0.4, -0.2) is 33.6 Å². The first-order chi connectivity index (χ1) is 10.5. The number of rotatable bonds is 6. The molecule has 120 valence electrons. The zero-order valence-electron chi connectivity index (χ0n) is 13.0. The molecule has 0 radical (unpaired) electrons. The Hall–Kier alpha value is -1.56. The van der Waals surface area contributed by atoms with Gasteiger partial charge in [0.1, 0.15) is 0 Å². The largest absolute Gasteiger partial charge is 0.339 e. The molecule has 1 aromatic carbocycles. The summed E-state index contributed by atoms with van der Waals surface area (Å²) in [5, 5.41) is 10.5. The Morgan fingerprint density at radius 1 is 1.36 bits per heavy atom. The Bertz CT molecular complexity index is 527. The van der Waals surface area contributed by atoms with E-state index in [2.05, 4.69) is 0 Å². The molecule has 6 heteroatoms. The summed E-state index contributed by atoms with van der Waals surface area (Å²) in [4.78, 5) is 25.8. The van der Waals surface area contributed by atoms with E-state index in [0.29, 0.717) is 6.04 Å². The first kappa shape index (κ1) is 16.8. The van der Waals surface area contributed by atoms with Gasteiger partial charge in [0.2, 0.25) is 5.91 Å². The third kappa shape index (κ3) is 4.00. The highest BCUT2D eigenvalue weighted by Crippen LogP contribution is 2.29. The molecule has 0 heterocycles. The molecule has 0 aromatic heterocycles. The molecule has 1 aromatic rings. The topological polar surface area (TPSA) is 63.5 Å². The maximum atomic E-state index is 12.6. The molecule has 5 nitrogen and oxygen atoms in total. The lowest BCUT2D eigenvalue weighted by atomic mass is 10.2. The molecule has 1 unspecified atom stereocenters. The third-order valence-corrected chi connectivity index (χ3v) is 5.20. The fraction of sp³-hybridized carbons (Fsp3) is 0.562. The lowest BCUT2D eigenvalue weighted by Gasteiger charge is -2.30. The van der Waals surface area contributed by atoms with Crippen LogP contribution in [-0.2, 0) is 4.79 Å². The Balaban J connectivity index is 1.99. The van der Waals surface area contributed by atoms with Crippen molar-refractivity contribution in [1.29, 1.82) is 0 Å². The Morgan fingerprint density at radius 2 is 1.95 bits per heavy atom. The Kier molecular flexibility index (Phi) is 5.83. The van der Waals surface area contributed by atoms with Crippen LogP contribution in [0.2, 0.25) is 0 Å². The van der Waals surface area contributed by atoms with Crippen molar-refractivity contribution in [3.05, 3.63) is 34.4 Å². The molecule has 0 N–H and O–H groups in total. The summed E-state index contributed by atoms with van der Waals surface area (Å²) in [6, 6.07) is 6.76. The van der Waals surface area contributed by atoms with Gasteiger partial charge in [-0.3, -0.25) is 14.9 Å². The van der Waals surface area contributed by atoms with Crippen LogP contribution in [0.5, 0.6) is 0 Å². The molecule has 22 heavy (non-hydrogen) atoms. The van der Waals surface area contributed by atoms with E-state index >= 15 is 0 Å². The Morgan fingerprint density at radius 3 is 2.45 bits per heavy atom. The predicted molar refractivity (Wildman–Crippen MR) is 88.1 cm³/mol. The number of benzene rings is 1. The minimum Gasteiger partial charge on any atom is -0.339 e. The van der Waals surface area contributed by atoms with E-state index in [9.17, 15) is 14.9 Å². The summed E-state index contributed by atoms with van der Waals surface area (Å²) in [5.74, 6) is 0.165. The van der Waals surface area contributed by atoms with Gasteiger partial charge in [-0.15, -0.1) is 11.8 Å². The quantitative estimate of drug-likeness (QED) is 0.453. The van der Waals surface area contributed by atoms with Gasteiger partial charge in [0.05, 0.1) is 10.2 Å². The van der Waals surface area contributed by atoms with E-state index in [1.807, 2.05) is 18.7 Å². The molecule has 0 spiro atoms. The molecule has 2 rings (SSSR count). The molecular weight excluding hydrogens is 300 g/mol. The standard InChI is InChI=1S/C16H22N2O3S/c1-3-17(13-6-4-5-7-13)16(19)12(2)22-15-10-8-14(9-11-15)18(20)21/h8-13H,3-7H2,1-2H3. The highest BCUT2D eigenvalue weighted by atomic mass is 32.2. The zero-order chi connectivity index (χ0) is 16.1. The number of thioether (sulfide) groups is 1. The molecule has 0 bridgehead atoms. The molecule has 1 amide bonds. The summed E-state index contributed by atoms with van der Waals surface area (Å²) in [5.41, 5.74) is 0.0736. The van der Waals surface area contributed by atoms with Crippen LogP contribution in [0.15, 0.2) is 29.2 Å². The summed E-state index contributed by atoms with van der Waals surface area (Å²) in [6.07, 6.45) is 4.62. The number of hydrogen-bond donors (Lipinski definition) is 0. The van der Waals surface area contributed by atoms with Gasteiger partial charge in [-0.2, -0.15) is 0 Å². The van der Waals surface area contributed by atoms with Gasteiger partial charge >= 0.3 is 0 Å². The van der Waals surface area contributed by atoms with Crippen LogP contribution in [0, 0.1) is 10.1 Å². The lowest BCUT2D eigenvalue weighted by Crippen LogP contribution is -2.42. The second kappa shape index (κ2) is 7.63. The van der Waals surface area contributed by atoms with E-state index < -0.39 is 4.92 Å². The molecule has 1 atom stereocenters. The van der Waals surface area contributed by atoms with Gasteiger partial charge in [0, 0.05) is 29.6 Å². The first-order valence-corrected chi connectivity index (χ1v) is 8.62. The van der Waals surface area contributed by atoms with Gasteiger partial charge in [0.25, 0.3) is 5.69 Å². The van der Waals surface area contributed by atoms with Gasteiger partial charge in [-0.25, -0.2) is 0 Å². The summed E-state index contributed by atoms with van der Waals surface area (Å²) in [6.45, 7) is 4.68. The smallest absolute Gasteiger partial charge is 0.269 e. The van der Waals surface area contributed by atoms with Gasteiger partial charge in [-0.1, -0.05) is 12.8 Å². The van der Waals surface area contributed by atoms with E-state index in [0.717, 1.165) is 24.3 Å². The van der Waals surface area contributed by atoms with Crippen molar-refractivity contribution >= 4 is 23.4 Å². The second-order valence-corrected chi connectivity index (χ2v) is 6.99.